The van der Waals surface area contributed by atoms with E-state index in [9.17, 15) is 14.0 Å². The SMILES string of the molecule is CC[C@@H](N)c1ccc(Cl)c(C(=O)c2cc[nH]c(=O)c2)c1F. The van der Waals surface area contributed by atoms with E-state index < -0.39 is 23.2 Å². The van der Waals surface area contributed by atoms with Crippen molar-refractivity contribution in [3.8, 4) is 0 Å². The average molecular weight is 309 g/mol. The Morgan fingerprint density at radius 1 is 1.43 bits per heavy atom. The van der Waals surface area contributed by atoms with Gasteiger partial charge in [-0.25, -0.2) is 4.39 Å². The van der Waals surface area contributed by atoms with E-state index in [2.05, 4.69) is 4.98 Å². The van der Waals surface area contributed by atoms with Gasteiger partial charge >= 0.3 is 0 Å². The van der Waals surface area contributed by atoms with Crippen molar-refractivity contribution >= 4 is 17.4 Å². The van der Waals surface area contributed by atoms with Gasteiger partial charge < -0.3 is 10.7 Å². The molecule has 2 aromatic rings. The van der Waals surface area contributed by atoms with Crippen LogP contribution in [0.2, 0.25) is 5.02 Å². The lowest BCUT2D eigenvalue weighted by Crippen LogP contribution is -2.16. The van der Waals surface area contributed by atoms with Gasteiger partial charge in [0.15, 0.2) is 5.78 Å². The number of hydrogen-bond donors (Lipinski definition) is 2. The monoisotopic (exact) mass is 308 g/mol. The molecule has 0 aliphatic carbocycles. The first kappa shape index (κ1) is 15.4. The van der Waals surface area contributed by atoms with Crippen LogP contribution in [0.1, 0.15) is 40.9 Å². The molecule has 0 amide bonds. The number of pyridine rings is 1. The molecule has 2 rings (SSSR count). The number of ketones is 1. The lowest BCUT2D eigenvalue weighted by Gasteiger charge is -2.14. The number of halogens is 2. The number of rotatable bonds is 4. The van der Waals surface area contributed by atoms with Gasteiger partial charge in [-0.1, -0.05) is 24.6 Å². The number of aromatic amines is 1. The molecule has 0 radical (unpaired) electrons. The Morgan fingerprint density at radius 3 is 2.76 bits per heavy atom. The smallest absolute Gasteiger partial charge is 0.248 e. The molecule has 1 heterocycles. The summed E-state index contributed by atoms with van der Waals surface area (Å²) in [6.45, 7) is 1.82. The molecule has 0 saturated heterocycles. The molecule has 1 aromatic carbocycles. The van der Waals surface area contributed by atoms with Crippen molar-refractivity contribution in [3.05, 3.63) is 68.3 Å². The van der Waals surface area contributed by atoms with Crippen molar-refractivity contribution in [2.24, 2.45) is 5.73 Å². The Kier molecular flexibility index (Phi) is 4.55. The van der Waals surface area contributed by atoms with Crippen molar-refractivity contribution in [1.29, 1.82) is 0 Å². The molecule has 21 heavy (non-hydrogen) atoms. The number of nitrogens with one attached hydrogen (secondary N) is 1. The summed E-state index contributed by atoms with van der Waals surface area (Å²) in [5.41, 5.74) is 5.42. The molecular formula is C15H14ClFN2O2. The van der Waals surface area contributed by atoms with Crippen LogP contribution in [-0.4, -0.2) is 10.8 Å². The van der Waals surface area contributed by atoms with E-state index in [1.807, 2.05) is 6.92 Å². The van der Waals surface area contributed by atoms with Crippen molar-refractivity contribution in [3.63, 3.8) is 0 Å². The summed E-state index contributed by atoms with van der Waals surface area (Å²) < 4.78 is 14.5. The maximum absolute atomic E-state index is 14.5. The second-order valence-electron chi connectivity index (χ2n) is 4.61. The summed E-state index contributed by atoms with van der Waals surface area (Å²) in [5, 5.41) is -0.00941. The molecule has 1 atom stereocenters. The highest BCUT2D eigenvalue weighted by molar-refractivity contribution is 6.35. The summed E-state index contributed by atoms with van der Waals surface area (Å²) in [6, 6.07) is 4.89. The zero-order valence-electron chi connectivity index (χ0n) is 11.3. The number of carbonyl (C=O) groups excluding carboxylic acids is 1. The third-order valence-corrected chi connectivity index (χ3v) is 3.54. The molecule has 3 N–H and O–H groups in total. The van der Waals surface area contributed by atoms with Gasteiger partial charge in [0.25, 0.3) is 0 Å². The largest absolute Gasteiger partial charge is 0.329 e. The van der Waals surface area contributed by atoms with Crippen LogP contribution in [0.3, 0.4) is 0 Å². The molecule has 0 unspecified atom stereocenters. The van der Waals surface area contributed by atoms with E-state index >= 15 is 0 Å². The summed E-state index contributed by atoms with van der Waals surface area (Å²) in [7, 11) is 0. The fraction of sp³-hybridized carbons (Fsp3) is 0.200. The van der Waals surface area contributed by atoms with Crippen LogP contribution >= 0.6 is 11.6 Å². The molecule has 4 nitrogen and oxygen atoms in total. The highest BCUT2D eigenvalue weighted by Crippen LogP contribution is 2.28. The highest BCUT2D eigenvalue weighted by Gasteiger charge is 2.22. The maximum atomic E-state index is 14.5. The van der Waals surface area contributed by atoms with Gasteiger partial charge in [0, 0.05) is 29.4 Å². The summed E-state index contributed by atoms with van der Waals surface area (Å²) in [4.78, 5) is 26.0. The molecule has 1 aromatic heterocycles. The van der Waals surface area contributed by atoms with E-state index in [1.54, 1.807) is 0 Å². The molecule has 110 valence electrons. The molecule has 0 saturated carbocycles. The predicted molar refractivity (Wildman–Crippen MR) is 79.1 cm³/mol. The van der Waals surface area contributed by atoms with Gasteiger partial charge in [-0.2, -0.15) is 0 Å². The molecule has 0 bridgehead atoms. The fourth-order valence-corrected chi connectivity index (χ4v) is 2.24. The Labute approximate surface area is 125 Å². The number of carbonyl (C=O) groups is 1. The Bertz CT molecular complexity index is 743. The van der Waals surface area contributed by atoms with Crippen LogP contribution in [0.4, 0.5) is 4.39 Å². The quantitative estimate of drug-likeness (QED) is 0.853. The number of aromatic nitrogens is 1. The van der Waals surface area contributed by atoms with E-state index in [-0.39, 0.29) is 21.7 Å². The zero-order chi connectivity index (χ0) is 15.6. The number of H-pyrrole nitrogens is 1. The molecule has 0 aliphatic heterocycles. The Hall–Kier alpha value is -1.98. The van der Waals surface area contributed by atoms with Gasteiger partial charge in [-0.05, 0) is 18.6 Å². The normalized spacial score (nSPS) is 12.2. The lowest BCUT2D eigenvalue weighted by molar-refractivity contribution is 0.103. The fourth-order valence-electron chi connectivity index (χ4n) is 2.01. The van der Waals surface area contributed by atoms with Crippen LogP contribution in [-0.2, 0) is 0 Å². The minimum Gasteiger partial charge on any atom is -0.329 e. The maximum Gasteiger partial charge on any atom is 0.248 e. The Morgan fingerprint density at radius 2 is 2.14 bits per heavy atom. The second-order valence-corrected chi connectivity index (χ2v) is 5.02. The van der Waals surface area contributed by atoms with Crippen LogP contribution < -0.4 is 11.3 Å². The minimum absolute atomic E-state index is 0.00941. The van der Waals surface area contributed by atoms with E-state index in [0.29, 0.717) is 6.42 Å². The van der Waals surface area contributed by atoms with E-state index in [4.69, 9.17) is 17.3 Å². The lowest BCUT2D eigenvalue weighted by atomic mass is 9.97. The third kappa shape index (κ3) is 3.04. The highest BCUT2D eigenvalue weighted by atomic mass is 35.5. The van der Waals surface area contributed by atoms with Gasteiger partial charge in [-0.15, -0.1) is 0 Å². The van der Waals surface area contributed by atoms with Crippen molar-refractivity contribution in [2.45, 2.75) is 19.4 Å². The topological polar surface area (TPSA) is 76.0 Å². The van der Waals surface area contributed by atoms with Gasteiger partial charge in [0.2, 0.25) is 5.56 Å². The van der Waals surface area contributed by atoms with E-state index in [0.717, 1.165) is 6.07 Å². The first-order valence-electron chi connectivity index (χ1n) is 6.42. The summed E-state index contributed by atoms with van der Waals surface area (Å²) in [6.07, 6.45) is 1.85. The molecular weight excluding hydrogens is 295 g/mol. The van der Waals surface area contributed by atoms with Crippen molar-refractivity contribution in [2.75, 3.05) is 0 Å². The first-order chi connectivity index (χ1) is 9.95. The van der Waals surface area contributed by atoms with Crippen molar-refractivity contribution < 1.29 is 9.18 Å². The zero-order valence-corrected chi connectivity index (χ0v) is 12.1. The third-order valence-electron chi connectivity index (χ3n) is 3.22. The van der Waals surface area contributed by atoms with Crippen LogP contribution in [0.15, 0.2) is 35.3 Å². The van der Waals surface area contributed by atoms with Crippen LogP contribution in [0.25, 0.3) is 0 Å². The van der Waals surface area contributed by atoms with Gasteiger partial charge in [0.1, 0.15) is 5.82 Å². The molecule has 6 heteroatoms. The summed E-state index contributed by atoms with van der Waals surface area (Å²) in [5.74, 6) is -1.38. The van der Waals surface area contributed by atoms with Crippen LogP contribution in [0, 0.1) is 5.82 Å². The first-order valence-corrected chi connectivity index (χ1v) is 6.80. The Balaban J connectivity index is 2.58. The number of benzene rings is 1. The summed E-state index contributed by atoms with van der Waals surface area (Å²) >= 11 is 5.95. The number of hydrogen-bond acceptors (Lipinski definition) is 3. The van der Waals surface area contributed by atoms with Gasteiger partial charge in [-0.3, -0.25) is 9.59 Å². The minimum atomic E-state index is -0.734. The van der Waals surface area contributed by atoms with Crippen molar-refractivity contribution in [1.82, 2.24) is 4.98 Å². The molecule has 0 aliphatic rings. The second kappa shape index (κ2) is 6.20. The average Bonchev–Trinajstić information content (AvgIpc) is 2.46. The van der Waals surface area contributed by atoms with E-state index in [1.165, 1.54) is 24.4 Å². The molecule has 0 fully saturated rings. The van der Waals surface area contributed by atoms with Crippen LogP contribution in [0.5, 0.6) is 0 Å². The predicted octanol–water partition coefficient (Wildman–Crippen LogP) is 2.81. The standard InChI is InChI=1S/C15H14ClFN2O2/c1-2-11(18)9-3-4-10(16)13(14(9)17)15(21)8-5-6-19-12(20)7-8/h3-7,11H,2,18H2,1H3,(H,19,20)/t11-/m1/s1. The van der Waals surface area contributed by atoms with Gasteiger partial charge in [0.05, 0.1) is 10.6 Å². The molecule has 0 spiro atoms. The number of nitrogens with two attached hydrogens (primary N) is 1.